The lowest BCUT2D eigenvalue weighted by atomic mass is 9.81. The van der Waals surface area contributed by atoms with Gasteiger partial charge in [-0.1, -0.05) is 19.9 Å². The second kappa shape index (κ2) is 4.16. The molecule has 0 aliphatic carbocycles. The highest BCUT2D eigenvalue weighted by Gasteiger charge is 2.24. The van der Waals surface area contributed by atoms with Crippen molar-refractivity contribution in [3.05, 3.63) is 35.0 Å². The summed E-state index contributed by atoms with van der Waals surface area (Å²) in [6.45, 7) is 8.08. The average Bonchev–Trinajstić information content (AvgIpc) is 2.53. The molecule has 0 radical (unpaired) electrons. The zero-order valence-corrected chi connectivity index (χ0v) is 11.3. The molecule has 0 bridgehead atoms. The summed E-state index contributed by atoms with van der Waals surface area (Å²) in [4.78, 5) is 14.2. The molecule has 0 aliphatic heterocycles. The Balaban J connectivity index is 2.52. The molecule has 1 aromatic carbocycles. The van der Waals surface area contributed by atoms with Crippen LogP contribution in [0.15, 0.2) is 18.2 Å². The quantitative estimate of drug-likeness (QED) is 0.869. The normalized spacial score (nSPS) is 12.0. The molecule has 3 heteroatoms. The van der Waals surface area contributed by atoms with Gasteiger partial charge in [0.1, 0.15) is 0 Å². The van der Waals surface area contributed by atoms with E-state index in [0.717, 1.165) is 16.8 Å². The van der Waals surface area contributed by atoms with E-state index in [-0.39, 0.29) is 11.8 Å². The van der Waals surface area contributed by atoms with Crippen LogP contribution in [0.25, 0.3) is 10.9 Å². The van der Waals surface area contributed by atoms with Crippen LogP contribution in [0.4, 0.5) is 0 Å². The van der Waals surface area contributed by atoms with Gasteiger partial charge in [0.2, 0.25) is 0 Å². The Bertz CT molecular complexity index is 608. The maximum atomic E-state index is 10.9. The van der Waals surface area contributed by atoms with E-state index in [9.17, 15) is 4.79 Å². The summed E-state index contributed by atoms with van der Waals surface area (Å²) in [7, 11) is 0. The second-order valence-electron chi connectivity index (χ2n) is 5.59. The number of rotatable bonds is 3. The lowest BCUT2D eigenvalue weighted by Crippen LogP contribution is -2.21. The standard InChI is InChI=1S/C15H19NO2/c1-9-10(2)16-13-6-5-11(7-12(9)13)15(3,4)8-14(17)18/h5-7,16H,8H2,1-4H3,(H,17,18). The van der Waals surface area contributed by atoms with Crippen LogP contribution in [0.5, 0.6) is 0 Å². The summed E-state index contributed by atoms with van der Waals surface area (Å²) in [6, 6.07) is 6.16. The number of nitrogens with one attached hydrogen (secondary N) is 1. The summed E-state index contributed by atoms with van der Waals surface area (Å²) in [6.07, 6.45) is 0.140. The molecule has 3 nitrogen and oxygen atoms in total. The number of aryl methyl sites for hydroxylation is 2. The van der Waals surface area contributed by atoms with Crippen LogP contribution in [0.1, 0.15) is 37.1 Å². The molecule has 0 saturated heterocycles. The maximum Gasteiger partial charge on any atom is 0.304 e. The minimum absolute atomic E-state index is 0.140. The Morgan fingerprint density at radius 3 is 2.61 bits per heavy atom. The second-order valence-corrected chi connectivity index (χ2v) is 5.59. The largest absolute Gasteiger partial charge is 0.481 e. The molecule has 18 heavy (non-hydrogen) atoms. The molecule has 0 atom stereocenters. The Morgan fingerprint density at radius 1 is 1.33 bits per heavy atom. The van der Waals surface area contributed by atoms with E-state index < -0.39 is 5.97 Å². The van der Waals surface area contributed by atoms with Gasteiger partial charge in [-0.05, 0) is 37.1 Å². The van der Waals surface area contributed by atoms with Gasteiger partial charge in [0.15, 0.2) is 0 Å². The van der Waals surface area contributed by atoms with Crippen LogP contribution >= 0.6 is 0 Å². The average molecular weight is 245 g/mol. The van der Waals surface area contributed by atoms with Gasteiger partial charge in [-0.3, -0.25) is 4.79 Å². The first-order valence-corrected chi connectivity index (χ1v) is 6.12. The zero-order chi connectivity index (χ0) is 13.5. The van der Waals surface area contributed by atoms with Crippen molar-refractivity contribution in [2.45, 2.75) is 39.5 Å². The van der Waals surface area contributed by atoms with Crippen LogP contribution in [0, 0.1) is 13.8 Å². The van der Waals surface area contributed by atoms with Gasteiger partial charge < -0.3 is 10.1 Å². The Labute approximate surface area is 107 Å². The Morgan fingerprint density at radius 2 is 2.00 bits per heavy atom. The van der Waals surface area contributed by atoms with E-state index in [1.807, 2.05) is 26.0 Å². The molecule has 1 heterocycles. The van der Waals surface area contributed by atoms with Crippen molar-refractivity contribution >= 4 is 16.9 Å². The highest BCUT2D eigenvalue weighted by Crippen LogP contribution is 2.31. The molecular formula is C15H19NO2. The fraction of sp³-hybridized carbons (Fsp3) is 0.400. The first-order valence-electron chi connectivity index (χ1n) is 6.12. The highest BCUT2D eigenvalue weighted by atomic mass is 16.4. The number of aromatic amines is 1. The summed E-state index contributed by atoms with van der Waals surface area (Å²) in [5.41, 5.74) is 4.23. The number of aromatic nitrogens is 1. The summed E-state index contributed by atoms with van der Waals surface area (Å²) in [5.74, 6) is -0.762. The van der Waals surface area contributed by atoms with E-state index in [1.54, 1.807) is 0 Å². The van der Waals surface area contributed by atoms with Crippen LogP contribution in [0.2, 0.25) is 0 Å². The molecule has 0 amide bonds. The number of aliphatic carboxylic acids is 1. The van der Waals surface area contributed by atoms with Crippen molar-refractivity contribution in [2.24, 2.45) is 0 Å². The third-order valence-electron chi connectivity index (χ3n) is 3.68. The molecule has 0 spiro atoms. The van der Waals surface area contributed by atoms with Crippen LogP contribution < -0.4 is 0 Å². The third kappa shape index (κ3) is 2.13. The lowest BCUT2D eigenvalue weighted by molar-refractivity contribution is -0.138. The molecule has 2 rings (SSSR count). The number of carbonyl (C=O) groups is 1. The van der Waals surface area contributed by atoms with Crippen molar-refractivity contribution in [1.82, 2.24) is 4.98 Å². The SMILES string of the molecule is Cc1[nH]c2ccc(C(C)(C)CC(=O)O)cc2c1C. The minimum atomic E-state index is -0.762. The van der Waals surface area contributed by atoms with Gasteiger partial charge in [0.25, 0.3) is 0 Å². The van der Waals surface area contributed by atoms with Crippen molar-refractivity contribution in [1.29, 1.82) is 0 Å². The van der Waals surface area contributed by atoms with Gasteiger partial charge >= 0.3 is 5.97 Å². The van der Waals surface area contributed by atoms with Crippen molar-refractivity contribution in [2.75, 3.05) is 0 Å². The van der Waals surface area contributed by atoms with Crippen LogP contribution in [0.3, 0.4) is 0 Å². The highest BCUT2D eigenvalue weighted by molar-refractivity contribution is 5.85. The fourth-order valence-corrected chi connectivity index (χ4v) is 2.36. The monoisotopic (exact) mass is 245 g/mol. The van der Waals surface area contributed by atoms with E-state index in [4.69, 9.17) is 5.11 Å². The van der Waals surface area contributed by atoms with Crippen LogP contribution in [-0.2, 0) is 10.2 Å². The number of hydrogen-bond acceptors (Lipinski definition) is 1. The first kappa shape index (κ1) is 12.7. The van der Waals surface area contributed by atoms with E-state index in [2.05, 4.69) is 24.9 Å². The Kier molecular flexibility index (Phi) is 2.93. The van der Waals surface area contributed by atoms with Crippen molar-refractivity contribution < 1.29 is 9.90 Å². The molecule has 0 fully saturated rings. The number of fused-ring (bicyclic) bond motifs is 1. The maximum absolute atomic E-state index is 10.9. The predicted octanol–water partition coefficient (Wildman–Crippen LogP) is 3.54. The van der Waals surface area contributed by atoms with Gasteiger partial charge in [0.05, 0.1) is 6.42 Å². The zero-order valence-electron chi connectivity index (χ0n) is 11.3. The van der Waals surface area contributed by atoms with Crippen molar-refractivity contribution in [3.63, 3.8) is 0 Å². The van der Waals surface area contributed by atoms with E-state index >= 15 is 0 Å². The third-order valence-corrected chi connectivity index (χ3v) is 3.68. The van der Waals surface area contributed by atoms with Crippen LogP contribution in [-0.4, -0.2) is 16.1 Å². The van der Waals surface area contributed by atoms with E-state index in [0.29, 0.717) is 0 Å². The molecule has 0 unspecified atom stereocenters. The molecule has 2 aromatic rings. The number of benzene rings is 1. The molecule has 96 valence electrons. The van der Waals surface area contributed by atoms with Gasteiger partial charge in [-0.25, -0.2) is 0 Å². The topological polar surface area (TPSA) is 53.1 Å². The van der Waals surface area contributed by atoms with E-state index in [1.165, 1.54) is 10.9 Å². The van der Waals surface area contributed by atoms with Gasteiger partial charge in [-0.2, -0.15) is 0 Å². The number of carboxylic acids is 1. The lowest BCUT2D eigenvalue weighted by Gasteiger charge is -2.23. The number of H-pyrrole nitrogens is 1. The van der Waals surface area contributed by atoms with Gasteiger partial charge in [0, 0.05) is 22.0 Å². The number of hydrogen-bond donors (Lipinski definition) is 2. The molecular weight excluding hydrogens is 226 g/mol. The molecule has 0 saturated carbocycles. The summed E-state index contributed by atoms with van der Waals surface area (Å²) in [5, 5.41) is 10.2. The van der Waals surface area contributed by atoms with Crippen molar-refractivity contribution in [3.8, 4) is 0 Å². The Hall–Kier alpha value is -1.77. The first-order chi connectivity index (χ1) is 8.31. The smallest absolute Gasteiger partial charge is 0.304 e. The predicted molar refractivity (Wildman–Crippen MR) is 73.1 cm³/mol. The molecule has 0 aliphatic rings. The molecule has 1 aromatic heterocycles. The summed E-state index contributed by atoms with van der Waals surface area (Å²) < 4.78 is 0. The van der Waals surface area contributed by atoms with Gasteiger partial charge in [-0.15, -0.1) is 0 Å². The molecule has 2 N–H and O–H groups in total. The summed E-state index contributed by atoms with van der Waals surface area (Å²) >= 11 is 0. The number of carboxylic acid groups (broad SMARTS) is 1. The fourth-order valence-electron chi connectivity index (χ4n) is 2.36. The minimum Gasteiger partial charge on any atom is -0.481 e.